The standard InChI is InChI=1S/C20H25F2N3O5/c1-12(10-21)25-11-14(20(28)29)18(27)13-9-15(22)17(19(30-2)16(13)25)24-5-3-23(4-6-24)7-8-26/h9,11-12,26H,3-8,10H2,1-2H3,(H,28,29)/t12-/m0/s1. The minimum absolute atomic E-state index is 0.0347. The highest BCUT2D eigenvalue weighted by molar-refractivity contribution is 5.97. The van der Waals surface area contributed by atoms with Crippen LogP contribution in [0.25, 0.3) is 10.9 Å². The van der Waals surface area contributed by atoms with E-state index in [0.29, 0.717) is 32.7 Å². The van der Waals surface area contributed by atoms with Crippen LogP contribution in [0.4, 0.5) is 14.5 Å². The number of piperazine rings is 1. The van der Waals surface area contributed by atoms with Crippen LogP contribution in [0.1, 0.15) is 23.3 Å². The lowest BCUT2D eigenvalue weighted by molar-refractivity contribution is 0.0694. The third-order valence-electron chi connectivity index (χ3n) is 5.44. The second-order valence-electron chi connectivity index (χ2n) is 7.28. The number of nitrogens with zero attached hydrogens (tertiary/aromatic N) is 3. The summed E-state index contributed by atoms with van der Waals surface area (Å²) in [4.78, 5) is 28.0. The van der Waals surface area contributed by atoms with Crippen LogP contribution in [0.3, 0.4) is 0 Å². The van der Waals surface area contributed by atoms with Gasteiger partial charge in [0.2, 0.25) is 5.43 Å². The molecule has 2 heterocycles. The quantitative estimate of drug-likeness (QED) is 0.694. The first-order valence-corrected chi connectivity index (χ1v) is 9.66. The number of hydrogen-bond acceptors (Lipinski definition) is 6. The molecule has 2 aromatic rings. The molecule has 1 aliphatic heterocycles. The van der Waals surface area contributed by atoms with Crippen molar-refractivity contribution in [3.8, 4) is 5.75 Å². The number of halogens is 2. The fraction of sp³-hybridized carbons (Fsp3) is 0.500. The zero-order valence-electron chi connectivity index (χ0n) is 16.9. The minimum Gasteiger partial charge on any atom is -0.492 e. The molecule has 0 radical (unpaired) electrons. The van der Waals surface area contributed by atoms with Crippen LogP contribution in [-0.2, 0) is 0 Å². The third-order valence-corrected chi connectivity index (χ3v) is 5.44. The largest absolute Gasteiger partial charge is 0.492 e. The first-order valence-electron chi connectivity index (χ1n) is 9.66. The summed E-state index contributed by atoms with van der Waals surface area (Å²) < 4.78 is 35.5. The molecule has 1 saturated heterocycles. The molecule has 0 spiro atoms. The number of ether oxygens (including phenoxy) is 1. The summed E-state index contributed by atoms with van der Waals surface area (Å²) >= 11 is 0. The molecule has 1 aliphatic rings. The van der Waals surface area contributed by atoms with Crippen molar-refractivity contribution in [2.75, 3.05) is 58.0 Å². The average molecular weight is 425 g/mol. The maximum absolute atomic E-state index is 15.2. The summed E-state index contributed by atoms with van der Waals surface area (Å²) in [6.45, 7) is 3.42. The molecule has 164 valence electrons. The number of methoxy groups -OCH3 is 1. The van der Waals surface area contributed by atoms with Crippen LogP contribution in [0, 0.1) is 5.82 Å². The molecule has 2 N–H and O–H groups in total. The number of benzene rings is 1. The van der Waals surface area contributed by atoms with Crippen LogP contribution in [0.15, 0.2) is 17.1 Å². The topological polar surface area (TPSA) is 95.2 Å². The number of aromatic nitrogens is 1. The van der Waals surface area contributed by atoms with Gasteiger partial charge in [-0.1, -0.05) is 0 Å². The second kappa shape index (κ2) is 8.97. The molecule has 1 aromatic carbocycles. The molecule has 30 heavy (non-hydrogen) atoms. The van der Waals surface area contributed by atoms with E-state index in [1.54, 1.807) is 4.90 Å². The number of aliphatic hydroxyl groups excluding tert-OH is 1. The average Bonchev–Trinajstić information content (AvgIpc) is 2.73. The highest BCUT2D eigenvalue weighted by atomic mass is 19.1. The molecule has 1 fully saturated rings. The lowest BCUT2D eigenvalue weighted by Crippen LogP contribution is -2.47. The van der Waals surface area contributed by atoms with Gasteiger partial charge in [-0.15, -0.1) is 0 Å². The molecule has 0 bridgehead atoms. The van der Waals surface area contributed by atoms with E-state index >= 15 is 4.39 Å². The molecule has 10 heteroatoms. The Kier molecular flexibility index (Phi) is 6.57. The van der Waals surface area contributed by atoms with E-state index < -0.39 is 35.5 Å². The number of aliphatic hydroxyl groups is 1. The molecule has 0 aliphatic carbocycles. The van der Waals surface area contributed by atoms with Crippen molar-refractivity contribution >= 4 is 22.6 Å². The van der Waals surface area contributed by atoms with Crippen molar-refractivity contribution in [2.24, 2.45) is 0 Å². The number of carbonyl (C=O) groups is 1. The number of alkyl halides is 1. The number of fused-ring (bicyclic) bond motifs is 1. The van der Waals surface area contributed by atoms with Gasteiger partial charge >= 0.3 is 5.97 Å². The van der Waals surface area contributed by atoms with Crippen molar-refractivity contribution in [1.82, 2.24) is 9.47 Å². The smallest absolute Gasteiger partial charge is 0.341 e. The fourth-order valence-electron chi connectivity index (χ4n) is 3.84. The van der Waals surface area contributed by atoms with Crippen LogP contribution in [0.5, 0.6) is 5.75 Å². The van der Waals surface area contributed by atoms with E-state index in [0.717, 1.165) is 12.3 Å². The maximum atomic E-state index is 15.2. The molecular weight excluding hydrogens is 400 g/mol. The Morgan fingerprint density at radius 2 is 1.97 bits per heavy atom. The number of aromatic carboxylic acids is 1. The predicted molar refractivity (Wildman–Crippen MR) is 108 cm³/mol. The minimum atomic E-state index is -1.47. The Hall–Kier alpha value is -2.72. The van der Waals surface area contributed by atoms with Gasteiger partial charge in [0.25, 0.3) is 0 Å². The Morgan fingerprint density at radius 3 is 2.50 bits per heavy atom. The van der Waals surface area contributed by atoms with E-state index in [4.69, 9.17) is 9.84 Å². The highest BCUT2D eigenvalue weighted by Crippen LogP contribution is 2.39. The van der Waals surface area contributed by atoms with Crippen LogP contribution < -0.4 is 15.1 Å². The van der Waals surface area contributed by atoms with Gasteiger partial charge in [0.15, 0.2) is 11.6 Å². The van der Waals surface area contributed by atoms with Crippen molar-refractivity contribution in [2.45, 2.75) is 13.0 Å². The zero-order chi connectivity index (χ0) is 22.0. The number of anilines is 1. The normalized spacial score (nSPS) is 16.1. The molecule has 1 atom stereocenters. The zero-order valence-corrected chi connectivity index (χ0v) is 16.9. The Balaban J connectivity index is 2.24. The number of β-amino-alcohol motifs (C(OH)–C–C–N with tert-alkyl or cyclic N) is 1. The molecule has 1 aromatic heterocycles. The summed E-state index contributed by atoms with van der Waals surface area (Å²) in [6, 6.07) is 0.212. The fourth-order valence-corrected chi connectivity index (χ4v) is 3.84. The monoisotopic (exact) mass is 425 g/mol. The molecule has 0 saturated carbocycles. The summed E-state index contributed by atoms with van der Waals surface area (Å²) in [5.41, 5.74) is -1.10. The van der Waals surface area contributed by atoms with Crippen molar-refractivity contribution in [3.63, 3.8) is 0 Å². The van der Waals surface area contributed by atoms with Gasteiger partial charge in [-0.05, 0) is 13.0 Å². The maximum Gasteiger partial charge on any atom is 0.341 e. The van der Waals surface area contributed by atoms with E-state index in [1.807, 2.05) is 4.90 Å². The Morgan fingerprint density at radius 1 is 1.30 bits per heavy atom. The number of carboxylic acids is 1. The molecular formula is C20H25F2N3O5. The van der Waals surface area contributed by atoms with Crippen LogP contribution >= 0.6 is 0 Å². The highest BCUT2D eigenvalue weighted by Gasteiger charge is 2.28. The molecule has 3 rings (SSSR count). The number of hydrogen-bond donors (Lipinski definition) is 2. The van der Waals surface area contributed by atoms with Crippen LogP contribution in [-0.4, -0.2) is 78.8 Å². The number of carboxylic acid groups (broad SMARTS) is 1. The van der Waals surface area contributed by atoms with Crippen molar-refractivity contribution in [3.05, 3.63) is 33.9 Å². The van der Waals surface area contributed by atoms with E-state index in [1.165, 1.54) is 18.6 Å². The first-order chi connectivity index (χ1) is 14.3. The van der Waals surface area contributed by atoms with Gasteiger partial charge in [-0.3, -0.25) is 9.69 Å². The van der Waals surface area contributed by atoms with E-state index in [2.05, 4.69) is 0 Å². The Bertz CT molecular complexity index is 1000. The van der Waals surface area contributed by atoms with Crippen molar-refractivity contribution < 1.29 is 28.5 Å². The molecule has 0 amide bonds. The predicted octanol–water partition coefficient (Wildman–Crippen LogP) is 1.49. The van der Waals surface area contributed by atoms with Gasteiger partial charge < -0.3 is 24.4 Å². The number of rotatable bonds is 7. The Labute approximate surface area is 171 Å². The lowest BCUT2D eigenvalue weighted by Gasteiger charge is -2.36. The van der Waals surface area contributed by atoms with E-state index in [9.17, 15) is 19.1 Å². The summed E-state index contributed by atoms with van der Waals surface area (Å²) in [5, 5.41) is 18.3. The third kappa shape index (κ3) is 3.84. The van der Waals surface area contributed by atoms with Gasteiger partial charge in [-0.2, -0.15) is 0 Å². The van der Waals surface area contributed by atoms with Gasteiger partial charge in [0.1, 0.15) is 17.9 Å². The van der Waals surface area contributed by atoms with Gasteiger partial charge in [-0.25, -0.2) is 13.6 Å². The first kappa shape index (κ1) is 22.0. The number of pyridine rings is 1. The SMILES string of the molecule is COc1c(N2CCN(CCO)CC2)c(F)cc2c(=O)c(C(=O)O)cn([C@@H](C)CF)c12. The molecule has 8 nitrogen and oxygen atoms in total. The summed E-state index contributed by atoms with van der Waals surface area (Å²) in [5.74, 6) is -2.12. The summed E-state index contributed by atoms with van der Waals surface area (Å²) in [6.07, 6.45) is 1.08. The molecule has 0 unspecified atom stereocenters. The van der Waals surface area contributed by atoms with Gasteiger partial charge in [0.05, 0.1) is 30.7 Å². The lowest BCUT2D eigenvalue weighted by atomic mass is 10.1. The second-order valence-corrected chi connectivity index (χ2v) is 7.28. The van der Waals surface area contributed by atoms with E-state index in [-0.39, 0.29) is 28.9 Å². The van der Waals surface area contributed by atoms with Crippen molar-refractivity contribution in [1.29, 1.82) is 0 Å². The summed E-state index contributed by atoms with van der Waals surface area (Å²) in [7, 11) is 1.33. The van der Waals surface area contributed by atoms with Crippen LogP contribution in [0.2, 0.25) is 0 Å². The van der Waals surface area contributed by atoms with Gasteiger partial charge in [0, 0.05) is 38.9 Å².